The zero-order valence-corrected chi connectivity index (χ0v) is 19.9. The van der Waals surface area contributed by atoms with Gasteiger partial charge in [-0.05, 0) is 48.7 Å². The minimum atomic E-state index is -3.21. The molecule has 30 heavy (non-hydrogen) atoms. The van der Waals surface area contributed by atoms with E-state index in [1.54, 1.807) is 26.4 Å². The molecule has 2 aromatic carbocycles. The van der Waals surface area contributed by atoms with Crippen molar-refractivity contribution in [1.82, 2.24) is 0 Å². The highest BCUT2D eigenvalue weighted by molar-refractivity contribution is 7.90. The summed E-state index contributed by atoms with van der Waals surface area (Å²) >= 11 is 0. The summed E-state index contributed by atoms with van der Waals surface area (Å²) in [6.07, 6.45) is 3.23. The van der Waals surface area contributed by atoms with Gasteiger partial charge in [0.1, 0.15) is 0 Å². The van der Waals surface area contributed by atoms with Crippen molar-refractivity contribution in [2.45, 2.75) is 45.4 Å². The Kier molecular flexibility index (Phi) is 12.4. The van der Waals surface area contributed by atoms with Gasteiger partial charge in [0.2, 0.25) is 0 Å². The Hall–Kier alpha value is -2.60. The molecule has 0 saturated heterocycles. The highest BCUT2D eigenvalue weighted by atomic mass is 32.2. The average Bonchev–Trinajstić information content (AvgIpc) is 2.74. The molecule has 2 rings (SSSR count). The fourth-order valence-corrected chi connectivity index (χ4v) is 3.11. The van der Waals surface area contributed by atoms with Crippen LogP contribution in [0.25, 0.3) is 5.57 Å². The number of benzene rings is 2. The first kappa shape index (κ1) is 27.4. The molecular weight excluding hydrogens is 400 g/mol. The third-order valence-corrected chi connectivity index (χ3v) is 5.12. The summed E-state index contributed by atoms with van der Waals surface area (Å²) in [5, 5.41) is 0. The number of sulfone groups is 1. The molecule has 0 atom stereocenters. The van der Waals surface area contributed by atoms with E-state index in [2.05, 4.69) is 13.5 Å². The number of allylic oxidation sites excluding steroid dienone is 1. The van der Waals surface area contributed by atoms with Crippen molar-refractivity contribution in [2.24, 2.45) is 0 Å². The molecule has 5 nitrogen and oxygen atoms in total. The van der Waals surface area contributed by atoms with Gasteiger partial charge in [-0.3, -0.25) is 4.79 Å². The minimum Gasteiger partial charge on any atom is -0.493 e. The highest BCUT2D eigenvalue weighted by Crippen LogP contribution is 2.30. The number of ether oxygens (including phenoxy) is 2. The van der Waals surface area contributed by atoms with Crippen LogP contribution in [-0.2, 0) is 9.84 Å². The molecule has 0 spiro atoms. The van der Waals surface area contributed by atoms with Crippen molar-refractivity contribution in [3.05, 3.63) is 60.2 Å². The summed E-state index contributed by atoms with van der Waals surface area (Å²) in [5.74, 6) is 1.38. The Labute approximate surface area is 181 Å². The number of ketones is 1. The molecule has 2 aromatic rings. The number of hydrogen-bond donors (Lipinski definition) is 0. The predicted molar refractivity (Wildman–Crippen MR) is 124 cm³/mol. The van der Waals surface area contributed by atoms with E-state index in [4.69, 9.17) is 9.47 Å². The summed E-state index contributed by atoms with van der Waals surface area (Å²) in [6, 6.07) is 11.9. The fraction of sp³-hybridized carbons (Fsp3) is 0.375. The monoisotopic (exact) mass is 434 g/mol. The van der Waals surface area contributed by atoms with Crippen LogP contribution in [0.5, 0.6) is 11.5 Å². The zero-order valence-electron chi connectivity index (χ0n) is 19.1. The quantitative estimate of drug-likeness (QED) is 0.512. The Bertz CT molecular complexity index is 930. The molecule has 6 heteroatoms. The lowest BCUT2D eigenvalue weighted by Crippen LogP contribution is -1.99. The number of carbonyl (C=O) groups excluding carboxylic acids is 1. The van der Waals surface area contributed by atoms with Crippen LogP contribution in [0.3, 0.4) is 0 Å². The van der Waals surface area contributed by atoms with Crippen LogP contribution in [0.4, 0.5) is 0 Å². The lowest BCUT2D eigenvalue weighted by Gasteiger charge is -2.10. The molecule has 166 valence electrons. The molecule has 0 aliphatic heterocycles. The van der Waals surface area contributed by atoms with Gasteiger partial charge in [0.15, 0.2) is 27.1 Å². The largest absolute Gasteiger partial charge is 0.493 e. The standard InChI is InChI=1S/C13H18O2.C9H10O3S.C2H6/c1-5-6-10(2)11-7-8-12(14-3)13(9-11)15-4;1-7(10)8-4-3-5-9(6-8)13(2,11)12;1-2/h7-9H,2,5-6H2,1,3-4H3;3-6H,1-2H3;1-2H3. The van der Waals surface area contributed by atoms with E-state index in [1.165, 1.54) is 19.1 Å². The van der Waals surface area contributed by atoms with E-state index in [0.29, 0.717) is 5.56 Å². The molecule has 0 unspecified atom stereocenters. The first-order chi connectivity index (χ1) is 14.1. The molecule has 0 amide bonds. The van der Waals surface area contributed by atoms with Crippen molar-refractivity contribution in [3.63, 3.8) is 0 Å². The highest BCUT2D eigenvalue weighted by Gasteiger charge is 2.08. The summed E-state index contributed by atoms with van der Waals surface area (Å²) in [7, 11) is 0.0693. The molecule has 0 radical (unpaired) electrons. The summed E-state index contributed by atoms with van der Waals surface area (Å²) in [5.41, 5.74) is 2.68. The number of rotatable bonds is 7. The second-order valence-corrected chi connectivity index (χ2v) is 8.30. The fourth-order valence-electron chi connectivity index (χ4n) is 2.45. The number of carbonyl (C=O) groups is 1. The van der Waals surface area contributed by atoms with E-state index in [-0.39, 0.29) is 10.7 Å². The van der Waals surface area contributed by atoms with Crippen LogP contribution in [0.15, 0.2) is 53.9 Å². The molecule has 0 N–H and O–H groups in total. The first-order valence-corrected chi connectivity index (χ1v) is 11.7. The Morgan fingerprint density at radius 2 is 1.57 bits per heavy atom. The van der Waals surface area contributed by atoms with Gasteiger partial charge in [0.05, 0.1) is 19.1 Å². The van der Waals surface area contributed by atoms with Crippen LogP contribution >= 0.6 is 0 Å². The average molecular weight is 435 g/mol. The maximum atomic E-state index is 11.1. The van der Waals surface area contributed by atoms with Crippen LogP contribution in [0.2, 0.25) is 0 Å². The Morgan fingerprint density at radius 1 is 0.967 bits per heavy atom. The molecule has 0 fully saturated rings. The van der Waals surface area contributed by atoms with Gasteiger partial charge in [0, 0.05) is 11.8 Å². The van der Waals surface area contributed by atoms with E-state index in [9.17, 15) is 13.2 Å². The normalized spacial score (nSPS) is 9.97. The second-order valence-electron chi connectivity index (χ2n) is 6.28. The number of methoxy groups -OCH3 is 2. The van der Waals surface area contributed by atoms with Gasteiger partial charge in [-0.1, -0.05) is 52.0 Å². The predicted octanol–water partition coefficient (Wildman–Crippen LogP) is 5.84. The maximum absolute atomic E-state index is 11.1. The van der Waals surface area contributed by atoms with Gasteiger partial charge in [-0.25, -0.2) is 8.42 Å². The summed E-state index contributed by atoms with van der Waals surface area (Å²) in [4.78, 5) is 11.1. The molecular formula is C24H34O5S. The molecule has 0 aliphatic carbocycles. The van der Waals surface area contributed by atoms with E-state index in [0.717, 1.165) is 41.7 Å². The SMILES string of the molecule is C=C(CCC)c1ccc(OC)c(OC)c1.CC.CC(=O)c1cccc(S(C)(=O)=O)c1. The number of Topliss-reactive ketones (excluding diaryl/α,β-unsaturated/α-hetero) is 1. The van der Waals surface area contributed by atoms with Crippen LogP contribution < -0.4 is 9.47 Å². The smallest absolute Gasteiger partial charge is 0.175 e. The lowest BCUT2D eigenvalue weighted by molar-refractivity contribution is 0.101. The molecule has 0 saturated carbocycles. The van der Waals surface area contributed by atoms with Crippen molar-refractivity contribution < 1.29 is 22.7 Å². The molecule has 0 aliphatic rings. The first-order valence-electron chi connectivity index (χ1n) is 9.85. The molecule has 0 heterocycles. The van der Waals surface area contributed by atoms with Crippen molar-refractivity contribution in [2.75, 3.05) is 20.5 Å². The second kappa shape index (κ2) is 13.6. The molecule has 0 aromatic heterocycles. The third kappa shape index (κ3) is 8.82. The third-order valence-electron chi connectivity index (χ3n) is 4.01. The maximum Gasteiger partial charge on any atom is 0.175 e. The van der Waals surface area contributed by atoms with Crippen LogP contribution in [0, 0.1) is 0 Å². The van der Waals surface area contributed by atoms with Crippen molar-refractivity contribution in [1.29, 1.82) is 0 Å². The summed E-state index contributed by atoms with van der Waals surface area (Å²) < 4.78 is 32.6. The molecule has 0 bridgehead atoms. The van der Waals surface area contributed by atoms with E-state index >= 15 is 0 Å². The van der Waals surface area contributed by atoms with Gasteiger partial charge in [-0.2, -0.15) is 0 Å². The number of hydrogen-bond acceptors (Lipinski definition) is 5. The zero-order chi connectivity index (χ0) is 23.3. The van der Waals surface area contributed by atoms with Crippen molar-refractivity contribution >= 4 is 21.2 Å². The lowest BCUT2D eigenvalue weighted by atomic mass is 10.0. The summed E-state index contributed by atoms with van der Waals surface area (Å²) in [6.45, 7) is 11.6. The van der Waals surface area contributed by atoms with E-state index < -0.39 is 9.84 Å². The van der Waals surface area contributed by atoms with Crippen LogP contribution in [0.1, 0.15) is 56.5 Å². The van der Waals surface area contributed by atoms with E-state index in [1.807, 2.05) is 32.0 Å². The minimum absolute atomic E-state index is 0.134. The van der Waals surface area contributed by atoms with Gasteiger partial charge >= 0.3 is 0 Å². The van der Waals surface area contributed by atoms with Gasteiger partial charge in [-0.15, -0.1) is 0 Å². The Morgan fingerprint density at radius 3 is 2.03 bits per heavy atom. The van der Waals surface area contributed by atoms with Gasteiger partial charge < -0.3 is 9.47 Å². The topological polar surface area (TPSA) is 69.7 Å². The van der Waals surface area contributed by atoms with Gasteiger partial charge in [0.25, 0.3) is 0 Å². The Balaban J connectivity index is 0.000000522. The van der Waals surface area contributed by atoms with Crippen molar-refractivity contribution in [3.8, 4) is 11.5 Å². The van der Waals surface area contributed by atoms with Crippen LogP contribution in [-0.4, -0.2) is 34.7 Å².